The second kappa shape index (κ2) is 19.0. The molecule has 13 aromatic carbocycles. The quantitative estimate of drug-likeness (QED) is 0.159. The van der Waals surface area contributed by atoms with Crippen molar-refractivity contribution in [3.63, 3.8) is 0 Å². The molecular formula is C78H50ClNO2. The Bertz CT molecular complexity index is 4870. The van der Waals surface area contributed by atoms with Gasteiger partial charge in [0.25, 0.3) is 0 Å². The van der Waals surface area contributed by atoms with E-state index in [2.05, 4.69) is 290 Å². The van der Waals surface area contributed by atoms with Crippen LogP contribution in [0.1, 0.15) is 44.5 Å². The number of furan rings is 2. The van der Waals surface area contributed by atoms with Crippen molar-refractivity contribution in [2.24, 2.45) is 0 Å². The smallest absolute Gasteiger partial charge is 0.159 e. The Hall–Kier alpha value is -10.2. The molecule has 2 aliphatic carbocycles. The predicted molar refractivity (Wildman–Crippen MR) is 339 cm³/mol. The van der Waals surface area contributed by atoms with Crippen LogP contribution in [0.25, 0.3) is 76.9 Å². The van der Waals surface area contributed by atoms with E-state index in [0.29, 0.717) is 5.02 Å². The maximum atomic E-state index is 7.03. The zero-order chi connectivity index (χ0) is 54.4. The van der Waals surface area contributed by atoms with E-state index in [4.69, 9.17) is 20.4 Å². The average Bonchev–Trinajstić information content (AvgIpc) is 4.47. The Morgan fingerprint density at radius 2 is 0.646 bits per heavy atom. The van der Waals surface area contributed by atoms with E-state index in [1.807, 2.05) is 18.2 Å². The molecule has 17 rings (SSSR count). The molecule has 386 valence electrons. The summed E-state index contributed by atoms with van der Waals surface area (Å²) >= 11 is 6.56. The average molecular weight is 1070 g/mol. The third kappa shape index (κ3) is 6.90. The summed E-state index contributed by atoms with van der Waals surface area (Å²) < 4.78 is 13.3. The van der Waals surface area contributed by atoms with Crippen molar-refractivity contribution in [2.45, 2.75) is 10.8 Å². The molecule has 0 radical (unpaired) electrons. The largest absolute Gasteiger partial charge is 0.454 e. The molecule has 15 aromatic rings. The van der Waals surface area contributed by atoms with E-state index < -0.39 is 10.8 Å². The molecular weight excluding hydrogens is 1020 g/mol. The minimum Gasteiger partial charge on any atom is -0.454 e. The van der Waals surface area contributed by atoms with Crippen molar-refractivity contribution < 1.29 is 8.83 Å². The Labute approximate surface area is 480 Å². The molecule has 0 fully saturated rings. The van der Waals surface area contributed by atoms with E-state index in [1.165, 1.54) is 77.5 Å². The zero-order valence-corrected chi connectivity index (χ0v) is 45.3. The maximum absolute atomic E-state index is 7.03. The molecule has 0 atom stereocenters. The van der Waals surface area contributed by atoms with Gasteiger partial charge in [0.2, 0.25) is 0 Å². The molecule has 3 nitrogen and oxygen atoms in total. The predicted octanol–water partition coefficient (Wildman–Crippen LogP) is 21.2. The first-order valence-electron chi connectivity index (χ1n) is 28.0. The van der Waals surface area contributed by atoms with Gasteiger partial charge in [0, 0.05) is 32.6 Å². The van der Waals surface area contributed by atoms with Crippen molar-refractivity contribution in [1.29, 1.82) is 0 Å². The molecule has 0 amide bonds. The van der Waals surface area contributed by atoms with Crippen LogP contribution in [0.4, 0.5) is 17.1 Å². The molecule has 82 heavy (non-hydrogen) atoms. The van der Waals surface area contributed by atoms with Crippen LogP contribution in [-0.2, 0) is 10.8 Å². The van der Waals surface area contributed by atoms with Gasteiger partial charge in [-0.05, 0) is 115 Å². The maximum Gasteiger partial charge on any atom is 0.159 e. The van der Waals surface area contributed by atoms with Gasteiger partial charge in [-0.1, -0.05) is 272 Å². The number of benzene rings is 13. The van der Waals surface area contributed by atoms with Crippen LogP contribution in [0.3, 0.4) is 0 Å². The second-order valence-electron chi connectivity index (χ2n) is 21.4. The fourth-order valence-corrected chi connectivity index (χ4v) is 14.4. The minimum atomic E-state index is -0.532. The van der Waals surface area contributed by atoms with Gasteiger partial charge in [-0.25, -0.2) is 0 Å². The minimum absolute atomic E-state index is 0.465. The van der Waals surface area contributed by atoms with Crippen LogP contribution in [0.15, 0.2) is 312 Å². The summed E-state index contributed by atoms with van der Waals surface area (Å²) in [5, 5.41) is 7.42. The van der Waals surface area contributed by atoms with Crippen LogP contribution in [0.2, 0.25) is 5.02 Å². The first kappa shape index (κ1) is 47.8. The zero-order valence-electron chi connectivity index (χ0n) is 44.5. The lowest BCUT2D eigenvalue weighted by molar-refractivity contribution is 0.667. The number of hydrogen-bond acceptors (Lipinski definition) is 3. The molecule has 2 aromatic heterocycles. The van der Waals surface area contributed by atoms with E-state index >= 15 is 0 Å². The second-order valence-corrected chi connectivity index (χ2v) is 21.8. The Morgan fingerprint density at radius 1 is 0.280 bits per heavy atom. The van der Waals surface area contributed by atoms with Crippen molar-refractivity contribution in [3.05, 3.63) is 353 Å². The Kier molecular flexibility index (Phi) is 11.1. The number of anilines is 3. The van der Waals surface area contributed by atoms with Gasteiger partial charge in [-0.3, -0.25) is 0 Å². The van der Waals surface area contributed by atoms with Crippen LogP contribution in [0, 0.1) is 0 Å². The summed E-state index contributed by atoms with van der Waals surface area (Å²) in [5.41, 5.74) is 20.7. The van der Waals surface area contributed by atoms with E-state index in [1.54, 1.807) is 0 Å². The van der Waals surface area contributed by atoms with Crippen molar-refractivity contribution >= 4 is 83.3 Å². The van der Waals surface area contributed by atoms with E-state index in [9.17, 15) is 0 Å². The highest BCUT2D eigenvalue weighted by atomic mass is 35.5. The first-order chi connectivity index (χ1) is 40.6. The van der Waals surface area contributed by atoms with E-state index in [-0.39, 0.29) is 0 Å². The van der Waals surface area contributed by atoms with Crippen LogP contribution in [-0.4, -0.2) is 0 Å². The third-order valence-corrected chi connectivity index (χ3v) is 17.7. The van der Waals surface area contributed by atoms with Gasteiger partial charge in [-0.2, -0.15) is 0 Å². The molecule has 0 bridgehead atoms. The molecule has 2 heterocycles. The van der Waals surface area contributed by atoms with Crippen LogP contribution < -0.4 is 4.90 Å². The number of hydrogen-bond donors (Lipinski definition) is 0. The summed E-state index contributed by atoms with van der Waals surface area (Å²) in [4.78, 5) is 2.35. The highest BCUT2D eigenvalue weighted by Gasteiger charge is 2.49. The SMILES string of the molecule is Clc1cccc2c1oc1cccc(C3(c4ccccc4)c4ccccc4-c4ccccc43)c12.c1ccc(N(c2cccc3ccccc23)c2cccc3c2oc2cccc(C4(c5ccccc5)c5ccccc5-c5ccccc54)c23)cc1. The molecule has 0 N–H and O–H groups in total. The number of rotatable bonds is 7. The number of fused-ring (bicyclic) bond motifs is 13. The summed E-state index contributed by atoms with van der Waals surface area (Å²) in [7, 11) is 0. The summed E-state index contributed by atoms with van der Waals surface area (Å²) in [6.07, 6.45) is 0. The van der Waals surface area contributed by atoms with Gasteiger partial charge in [0.05, 0.1) is 27.2 Å². The molecule has 0 saturated carbocycles. The van der Waals surface area contributed by atoms with Crippen LogP contribution >= 0.6 is 11.6 Å². The molecule has 0 unspecified atom stereocenters. The van der Waals surface area contributed by atoms with Gasteiger partial charge in [-0.15, -0.1) is 0 Å². The number of halogens is 1. The normalized spacial score (nSPS) is 13.4. The highest BCUT2D eigenvalue weighted by molar-refractivity contribution is 6.36. The summed E-state index contributed by atoms with van der Waals surface area (Å²) in [5.74, 6) is 0. The van der Waals surface area contributed by atoms with Crippen molar-refractivity contribution in [3.8, 4) is 22.3 Å². The fraction of sp³-hybridized carbons (Fsp3) is 0.0256. The number of nitrogens with zero attached hydrogens (tertiary/aromatic N) is 1. The Morgan fingerprint density at radius 3 is 1.18 bits per heavy atom. The number of para-hydroxylation sites is 3. The summed E-state index contributed by atoms with van der Waals surface area (Å²) in [6, 6.07) is 109. The van der Waals surface area contributed by atoms with Crippen molar-refractivity contribution in [2.75, 3.05) is 4.90 Å². The monoisotopic (exact) mass is 1070 g/mol. The lowest BCUT2D eigenvalue weighted by Gasteiger charge is -2.34. The molecule has 0 saturated heterocycles. The lowest BCUT2D eigenvalue weighted by atomic mass is 9.66. The topological polar surface area (TPSA) is 29.5 Å². The van der Waals surface area contributed by atoms with Gasteiger partial charge >= 0.3 is 0 Å². The van der Waals surface area contributed by atoms with E-state index in [0.717, 1.165) is 60.9 Å². The van der Waals surface area contributed by atoms with Gasteiger partial charge < -0.3 is 13.7 Å². The molecule has 4 heteroatoms. The fourth-order valence-electron chi connectivity index (χ4n) is 14.2. The first-order valence-corrected chi connectivity index (χ1v) is 28.4. The highest BCUT2D eigenvalue weighted by Crippen LogP contribution is 2.60. The van der Waals surface area contributed by atoms with Gasteiger partial charge in [0.15, 0.2) is 11.2 Å². The standard InChI is InChI=1S/C47H31NO.C31H19ClO/c1-3-18-33(19-4-1)47(39-26-11-9-23-36(39)37-24-10-12-27-40(37)47)41-28-15-31-44-45(41)38-25-14-30-43(46(38)49-44)48(34-20-5-2-6-21-34)42-29-13-17-32-16-7-8-22-35(32)42;32-27-18-8-14-23-29-26(17-9-19-28(29)33-30(23)27)31(20-10-2-1-3-11-20)24-15-6-4-12-21(24)22-13-5-7-16-25(22)31/h1-31H;1-19H. The Balaban J connectivity index is 0.000000146. The molecule has 0 aliphatic heterocycles. The molecule has 2 aliphatic rings. The lowest BCUT2D eigenvalue weighted by Crippen LogP contribution is -2.28. The van der Waals surface area contributed by atoms with Gasteiger partial charge in [0.1, 0.15) is 11.2 Å². The van der Waals surface area contributed by atoms with Crippen LogP contribution in [0.5, 0.6) is 0 Å². The summed E-state index contributed by atoms with van der Waals surface area (Å²) in [6.45, 7) is 0. The molecule has 0 spiro atoms. The third-order valence-electron chi connectivity index (χ3n) is 17.4. The van der Waals surface area contributed by atoms with Crippen molar-refractivity contribution in [1.82, 2.24) is 0 Å².